The van der Waals surface area contributed by atoms with Crippen molar-refractivity contribution < 1.29 is 4.52 Å². The molecule has 16 heavy (non-hydrogen) atoms. The number of rotatable bonds is 1. The van der Waals surface area contributed by atoms with Crippen LogP contribution in [0.15, 0.2) is 29.5 Å². The average molecular weight is 221 g/mol. The molecule has 0 unspecified atom stereocenters. The van der Waals surface area contributed by atoms with Crippen LogP contribution in [-0.2, 0) is 0 Å². The molecule has 1 fully saturated rings. The van der Waals surface area contributed by atoms with Crippen LogP contribution in [-0.4, -0.2) is 33.4 Å². The Kier molecular flexibility index (Phi) is 4.07. The summed E-state index contributed by atoms with van der Waals surface area (Å²) in [5.74, 6) is 0.707. The van der Waals surface area contributed by atoms with Crippen LogP contribution in [0.25, 0.3) is 0 Å². The zero-order valence-electron chi connectivity index (χ0n) is 8.97. The molecule has 6 nitrogen and oxygen atoms in total. The molecule has 3 rings (SSSR count). The first-order valence-electron chi connectivity index (χ1n) is 5.36. The van der Waals surface area contributed by atoms with Gasteiger partial charge in [0.25, 0.3) is 0 Å². The van der Waals surface area contributed by atoms with E-state index < -0.39 is 0 Å². The monoisotopic (exact) mass is 221 g/mol. The van der Waals surface area contributed by atoms with E-state index in [1.165, 1.54) is 31.3 Å². The predicted molar refractivity (Wildman–Crippen MR) is 57.7 cm³/mol. The van der Waals surface area contributed by atoms with Gasteiger partial charge in [-0.25, -0.2) is 4.98 Å². The summed E-state index contributed by atoms with van der Waals surface area (Å²) < 4.78 is 4.22. The van der Waals surface area contributed by atoms with E-state index in [0.717, 1.165) is 13.1 Å². The number of hydrogen-bond donors (Lipinski definition) is 2. The standard InChI is InChI=1S/C8H13N3.C2H2N2O/c1-4-9-5-2-7(1)8-3-6-10-11-8;1-3-2-5-4-1/h3,6-7,9H,1-2,4-5H2,(H,10,11);1-2H. The van der Waals surface area contributed by atoms with E-state index in [9.17, 15) is 0 Å². The Morgan fingerprint density at radius 1 is 1.31 bits per heavy atom. The smallest absolute Gasteiger partial charge is 0.213 e. The lowest BCUT2D eigenvalue weighted by molar-refractivity contribution is 0.416. The van der Waals surface area contributed by atoms with Crippen LogP contribution in [0.4, 0.5) is 0 Å². The highest BCUT2D eigenvalue weighted by Crippen LogP contribution is 2.22. The first-order valence-corrected chi connectivity index (χ1v) is 5.36. The van der Waals surface area contributed by atoms with Gasteiger partial charge in [-0.05, 0) is 32.0 Å². The molecule has 0 amide bonds. The molecular weight excluding hydrogens is 206 g/mol. The van der Waals surface area contributed by atoms with Crippen molar-refractivity contribution in [3.63, 3.8) is 0 Å². The fraction of sp³-hybridized carbons (Fsp3) is 0.500. The van der Waals surface area contributed by atoms with E-state index in [4.69, 9.17) is 0 Å². The third kappa shape index (κ3) is 3.16. The van der Waals surface area contributed by atoms with E-state index in [0.29, 0.717) is 5.92 Å². The summed E-state index contributed by atoms with van der Waals surface area (Å²) in [7, 11) is 0. The normalized spacial score (nSPS) is 16.5. The number of H-pyrrole nitrogens is 1. The molecule has 1 aliphatic heterocycles. The summed E-state index contributed by atoms with van der Waals surface area (Å²) in [4.78, 5) is 3.44. The van der Waals surface area contributed by atoms with Gasteiger partial charge in [-0.3, -0.25) is 5.10 Å². The number of aromatic nitrogens is 4. The molecule has 0 saturated carbocycles. The molecule has 0 radical (unpaired) electrons. The van der Waals surface area contributed by atoms with Crippen LogP contribution in [0.2, 0.25) is 0 Å². The molecule has 3 heterocycles. The van der Waals surface area contributed by atoms with Gasteiger partial charge in [-0.15, -0.1) is 0 Å². The summed E-state index contributed by atoms with van der Waals surface area (Å²) in [5.41, 5.74) is 1.30. The topological polar surface area (TPSA) is 79.6 Å². The van der Waals surface area contributed by atoms with Gasteiger partial charge in [0.05, 0.1) is 0 Å². The van der Waals surface area contributed by atoms with Gasteiger partial charge in [-0.2, -0.15) is 5.10 Å². The van der Waals surface area contributed by atoms with Gasteiger partial charge in [0, 0.05) is 17.8 Å². The molecule has 0 aliphatic carbocycles. The quantitative estimate of drug-likeness (QED) is 0.749. The number of nitrogens with one attached hydrogen (secondary N) is 2. The number of piperidine rings is 1. The van der Waals surface area contributed by atoms with Crippen molar-refractivity contribution in [1.82, 2.24) is 25.7 Å². The van der Waals surface area contributed by atoms with E-state index in [-0.39, 0.29) is 0 Å². The molecule has 6 heteroatoms. The summed E-state index contributed by atoms with van der Waals surface area (Å²) >= 11 is 0. The lowest BCUT2D eigenvalue weighted by Gasteiger charge is -2.20. The predicted octanol–water partition coefficient (Wildman–Crippen LogP) is 0.946. The second-order valence-electron chi connectivity index (χ2n) is 3.62. The van der Waals surface area contributed by atoms with Gasteiger partial charge in [-0.1, -0.05) is 5.16 Å². The van der Waals surface area contributed by atoms with Crippen molar-refractivity contribution in [2.24, 2.45) is 0 Å². The average Bonchev–Trinajstić information content (AvgIpc) is 3.07. The summed E-state index contributed by atoms with van der Waals surface area (Å²) in [6, 6.07) is 2.08. The van der Waals surface area contributed by atoms with Crippen LogP contribution in [0.3, 0.4) is 0 Å². The van der Waals surface area contributed by atoms with Crippen LogP contribution in [0, 0.1) is 0 Å². The Bertz CT molecular complexity index is 335. The van der Waals surface area contributed by atoms with Crippen molar-refractivity contribution in [3.05, 3.63) is 30.7 Å². The molecule has 0 bridgehead atoms. The molecule has 86 valence electrons. The maximum atomic E-state index is 4.22. The Labute approximate surface area is 93.4 Å². The molecular formula is C10H15N5O. The first kappa shape index (κ1) is 10.8. The molecule has 0 atom stereocenters. The van der Waals surface area contributed by atoms with Crippen molar-refractivity contribution in [2.75, 3.05) is 13.1 Å². The molecule has 1 aliphatic rings. The Morgan fingerprint density at radius 2 is 2.19 bits per heavy atom. The van der Waals surface area contributed by atoms with Crippen LogP contribution < -0.4 is 5.32 Å². The maximum Gasteiger partial charge on any atom is 0.213 e. The van der Waals surface area contributed by atoms with Crippen LogP contribution in [0.5, 0.6) is 0 Å². The Morgan fingerprint density at radius 3 is 2.69 bits per heavy atom. The minimum atomic E-state index is 0.707. The second kappa shape index (κ2) is 6.02. The van der Waals surface area contributed by atoms with Crippen LogP contribution in [0.1, 0.15) is 24.5 Å². The maximum absolute atomic E-state index is 4.22. The fourth-order valence-corrected chi connectivity index (χ4v) is 1.76. The van der Waals surface area contributed by atoms with E-state index in [2.05, 4.69) is 36.2 Å². The Balaban J connectivity index is 0.000000162. The highest BCUT2D eigenvalue weighted by molar-refractivity contribution is 5.06. The van der Waals surface area contributed by atoms with Gasteiger partial charge >= 0.3 is 0 Å². The van der Waals surface area contributed by atoms with Gasteiger partial charge < -0.3 is 9.84 Å². The van der Waals surface area contributed by atoms with Crippen LogP contribution >= 0.6 is 0 Å². The van der Waals surface area contributed by atoms with Gasteiger partial charge in [0.15, 0.2) is 6.33 Å². The summed E-state index contributed by atoms with van der Waals surface area (Å²) in [5, 5.41) is 13.6. The number of aromatic amines is 1. The lowest BCUT2D eigenvalue weighted by Crippen LogP contribution is -2.26. The molecule has 0 aromatic carbocycles. The minimum Gasteiger partial charge on any atom is -0.343 e. The van der Waals surface area contributed by atoms with E-state index >= 15 is 0 Å². The zero-order valence-corrected chi connectivity index (χ0v) is 8.97. The number of nitrogens with zero attached hydrogens (tertiary/aromatic N) is 3. The number of hydrogen-bond acceptors (Lipinski definition) is 5. The minimum absolute atomic E-state index is 0.707. The lowest BCUT2D eigenvalue weighted by atomic mass is 9.95. The molecule has 0 spiro atoms. The zero-order chi connectivity index (χ0) is 11.1. The third-order valence-corrected chi connectivity index (χ3v) is 2.58. The second-order valence-corrected chi connectivity index (χ2v) is 3.62. The Hall–Kier alpha value is -1.69. The van der Waals surface area contributed by atoms with Crippen molar-refractivity contribution >= 4 is 0 Å². The van der Waals surface area contributed by atoms with Gasteiger partial charge in [0.1, 0.15) is 0 Å². The summed E-state index contributed by atoms with van der Waals surface area (Å²) in [6.45, 7) is 2.29. The van der Waals surface area contributed by atoms with Gasteiger partial charge in [0.2, 0.25) is 6.39 Å². The fourth-order valence-electron chi connectivity index (χ4n) is 1.76. The van der Waals surface area contributed by atoms with Crippen molar-refractivity contribution in [3.8, 4) is 0 Å². The van der Waals surface area contributed by atoms with E-state index in [1.54, 1.807) is 0 Å². The molecule has 2 aromatic rings. The first-order chi connectivity index (χ1) is 7.97. The van der Waals surface area contributed by atoms with Crippen molar-refractivity contribution in [1.29, 1.82) is 0 Å². The third-order valence-electron chi connectivity index (χ3n) is 2.58. The largest absolute Gasteiger partial charge is 0.343 e. The summed E-state index contributed by atoms with van der Waals surface area (Å²) in [6.07, 6.45) is 6.90. The molecule has 2 N–H and O–H groups in total. The highest BCUT2D eigenvalue weighted by atomic mass is 16.5. The van der Waals surface area contributed by atoms with E-state index in [1.807, 2.05) is 6.20 Å². The highest BCUT2D eigenvalue weighted by Gasteiger charge is 2.15. The molecule has 2 aromatic heterocycles. The van der Waals surface area contributed by atoms with Crippen molar-refractivity contribution in [2.45, 2.75) is 18.8 Å². The SMILES string of the molecule is c1cc(C2CCNCC2)[nH]n1.c1ncon1. The molecule has 1 saturated heterocycles.